The molecule has 3 aliphatic carbocycles. The SMILES string of the molecule is CCC(=O)NCC(=O)N1CCN(C[C@]2(O)CC[C@H]3[C@@H]4CCc5cc(O)ccc5[C@H]4CC[C@@]32C)CC1. The Kier molecular flexibility index (Phi) is 6.60. The van der Waals surface area contributed by atoms with Crippen molar-refractivity contribution < 1.29 is 19.8 Å². The van der Waals surface area contributed by atoms with Crippen molar-refractivity contribution in [2.75, 3.05) is 39.3 Å². The van der Waals surface area contributed by atoms with Gasteiger partial charge in [-0.3, -0.25) is 14.5 Å². The van der Waals surface area contributed by atoms with Gasteiger partial charge in [-0.2, -0.15) is 0 Å². The Morgan fingerprint density at radius 2 is 1.89 bits per heavy atom. The summed E-state index contributed by atoms with van der Waals surface area (Å²) >= 11 is 0. The normalized spacial score (nSPS) is 34.6. The van der Waals surface area contributed by atoms with Gasteiger partial charge in [-0.1, -0.05) is 19.9 Å². The van der Waals surface area contributed by atoms with Crippen molar-refractivity contribution in [3.05, 3.63) is 29.3 Å². The molecule has 1 saturated heterocycles. The van der Waals surface area contributed by atoms with Gasteiger partial charge in [0.15, 0.2) is 0 Å². The summed E-state index contributed by atoms with van der Waals surface area (Å²) in [6, 6.07) is 5.92. The molecule has 4 aliphatic rings. The van der Waals surface area contributed by atoms with Crippen LogP contribution in [0.25, 0.3) is 0 Å². The van der Waals surface area contributed by atoms with Crippen LogP contribution >= 0.6 is 0 Å². The van der Waals surface area contributed by atoms with Gasteiger partial charge in [0.2, 0.25) is 11.8 Å². The van der Waals surface area contributed by atoms with Crippen LogP contribution < -0.4 is 5.32 Å². The first-order valence-corrected chi connectivity index (χ1v) is 13.5. The van der Waals surface area contributed by atoms with Crippen molar-refractivity contribution in [3.63, 3.8) is 0 Å². The molecule has 7 heteroatoms. The number of hydrogen-bond acceptors (Lipinski definition) is 5. The van der Waals surface area contributed by atoms with E-state index in [0.29, 0.717) is 49.6 Å². The summed E-state index contributed by atoms with van der Waals surface area (Å²) in [4.78, 5) is 28.1. The Morgan fingerprint density at radius 1 is 1.11 bits per heavy atom. The van der Waals surface area contributed by atoms with Gasteiger partial charge < -0.3 is 20.4 Å². The number of phenolic OH excluding ortho intramolecular Hbond substituents is 1. The number of rotatable bonds is 5. The van der Waals surface area contributed by atoms with Crippen LogP contribution in [0.4, 0.5) is 0 Å². The number of nitrogens with zero attached hydrogens (tertiary/aromatic N) is 2. The highest BCUT2D eigenvalue weighted by atomic mass is 16.3. The number of nitrogens with one attached hydrogen (secondary N) is 1. The average molecular weight is 484 g/mol. The molecule has 0 aromatic heterocycles. The number of fused-ring (bicyclic) bond motifs is 5. The molecule has 192 valence electrons. The number of hydrogen-bond donors (Lipinski definition) is 3. The zero-order valence-corrected chi connectivity index (χ0v) is 21.3. The molecule has 5 rings (SSSR count). The van der Waals surface area contributed by atoms with Gasteiger partial charge in [0.1, 0.15) is 5.75 Å². The lowest BCUT2D eigenvalue weighted by Crippen LogP contribution is -2.59. The highest BCUT2D eigenvalue weighted by molar-refractivity contribution is 5.84. The van der Waals surface area contributed by atoms with Crippen molar-refractivity contribution in [2.24, 2.45) is 17.3 Å². The van der Waals surface area contributed by atoms with Gasteiger partial charge in [-0.25, -0.2) is 0 Å². The number of benzene rings is 1. The molecule has 3 N–H and O–H groups in total. The summed E-state index contributed by atoms with van der Waals surface area (Å²) < 4.78 is 0. The fourth-order valence-electron chi connectivity index (χ4n) is 7.88. The topological polar surface area (TPSA) is 93.1 Å². The van der Waals surface area contributed by atoms with E-state index in [1.54, 1.807) is 6.92 Å². The molecule has 0 spiro atoms. The fourth-order valence-corrected chi connectivity index (χ4v) is 7.88. The van der Waals surface area contributed by atoms with Crippen LogP contribution in [0.1, 0.15) is 69.4 Å². The van der Waals surface area contributed by atoms with Gasteiger partial charge in [0, 0.05) is 44.6 Å². The molecule has 0 unspecified atom stereocenters. The Balaban J connectivity index is 1.21. The summed E-state index contributed by atoms with van der Waals surface area (Å²) in [5.74, 6) is 1.92. The number of β-amino-alcohol motifs (C(OH)–C–C–N with tert-alkyl or cyclic N) is 1. The first-order chi connectivity index (χ1) is 16.7. The third-order valence-corrected chi connectivity index (χ3v) is 10.00. The summed E-state index contributed by atoms with van der Waals surface area (Å²) in [7, 11) is 0. The van der Waals surface area contributed by atoms with E-state index in [2.05, 4.69) is 23.2 Å². The number of carbonyl (C=O) groups is 2. The lowest BCUT2D eigenvalue weighted by atomic mass is 9.53. The smallest absolute Gasteiger partial charge is 0.242 e. The number of carbonyl (C=O) groups excluding carboxylic acids is 2. The Labute approximate surface area is 208 Å². The maximum Gasteiger partial charge on any atom is 0.242 e. The van der Waals surface area contributed by atoms with E-state index in [0.717, 1.165) is 51.6 Å². The molecular formula is C28H41N3O4. The monoisotopic (exact) mass is 483 g/mol. The highest BCUT2D eigenvalue weighted by Gasteiger charge is 2.61. The standard InChI is InChI=1S/C28H41N3O4/c1-3-25(33)29-17-26(34)31-14-12-30(13-15-31)18-28(35)11-9-24-23-6-4-19-16-20(32)5-7-21(19)22(23)8-10-27(24,28)2/h5,7,16,22-24,32,35H,3-4,6,8-15,17-18H2,1-2H3,(H,29,33)/t22-,23-,24+,27+,28-/m1/s1. The summed E-state index contributed by atoms with van der Waals surface area (Å²) in [6.07, 6.45) is 6.61. The van der Waals surface area contributed by atoms with Crippen molar-refractivity contribution in [3.8, 4) is 5.75 Å². The molecule has 1 heterocycles. The van der Waals surface area contributed by atoms with E-state index in [-0.39, 0.29) is 23.8 Å². The largest absolute Gasteiger partial charge is 0.508 e. The molecule has 0 bridgehead atoms. The second kappa shape index (κ2) is 9.40. The number of amides is 2. The third-order valence-electron chi connectivity index (χ3n) is 10.00. The van der Waals surface area contributed by atoms with Gasteiger partial charge in [0.25, 0.3) is 0 Å². The Bertz CT molecular complexity index is 975. The van der Waals surface area contributed by atoms with E-state index < -0.39 is 5.60 Å². The molecule has 3 fully saturated rings. The van der Waals surface area contributed by atoms with Gasteiger partial charge in [0.05, 0.1) is 12.1 Å². The van der Waals surface area contributed by atoms with Gasteiger partial charge >= 0.3 is 0 Å². The molecule has 1 aliphatic heterocycles. The van der Waals surface area contributed by atoms with E-state index >= 15 is 0 Å². The first-order valence-electron chi connectivity index (χ1n) is 13.5. The summed E-state index contributed by atoms with van der Waals surface area (Å²) in [5, 5.41) is 24.7. The summed E-state index contributed by atoms with van der Waals surface area (Å²) in [6.45, 7) is 7.68. The predicted molar refractivity (Wildman–Crippen MR) is 134 cm³/mol. The number of phenols is 1. The van der Waals surface area contributed by atoms with Crippen molar-refractivity contribution in [1.29, 1.82) is 0 Å². The number of aryl methyl sites for hydroxylation is 1. The van der Waals surface area contributed by atoms with Gasteiger partial charge in [-0.05, 0) is 79.5 Å². The molecule has 7 nitrogen and oxygen atoms in total. The third kappa shape index (κ3) is 4.35. The maximum atomic E-state index is 12.4. The predicted octanol–water partition coefficient (Wildman–Crippen LogP) is 2.65. The van der Waals surface area contributed by atoms with Crippen LogP contribution in [0.5, 0.6) is 5.75 Å². The Hall–Kier alpha value is -2.12. The fraction of sp³-hybridized carbons (Fsp3) is 0.714. The Morgan fingerprint density at radius 3 is 2.63 bits per heavy atom. The van der Waals surface area contributed by atoms with Crippen LogP contribution in [0.2, 0.25) is 0 Å². The number of aromatic hydroxyl groups is 1. The van der Waals surface area contributed by atoms with Crippen molar-refractivity contribution in [1.82, 2.24) is 15.1 Å². The van der Waals surface area contributed by atoms with Crippen molar-refractivity contribution in [2.45, 2.75) is 70.3 Å². The van der Waals surface area contributed by atoms with Crippen LogP contribution in [0.15, 0.2) is 18.2 Å². The molecular weight excluding hydrogens is 442 g/mol. The first kappa shape index (κ1) is 24.6. The van der Waals surface area contributed by atoms with Crippen LogP contribution in [-0.2, 0) is 16.0 Å². The zero-order chi connectivity index (χ0) is 24.8. The van der Waals surface area contributed by atoms with E-state index in [4.69, 9.17) is 0 Å². The molecule has 0 radical (unpaired) electrons. The minimum absolute atomic E-state index is 0.0257. The second-order valence-corrected chi connectivity index (χ2v) is 11.6. The van der Waals surface area contributed by atoms with E-state index in [1.165, 1.54) is 11.1 Å². The maximum absolute atomic E-state index is 12.4. The highest BCUT2D eigenvalue weighted by Crippen LogP contribution is 2.64. The quantitative estimate of drug-likeness (QED) is 0.599. The summed E-state index contributed by atoms with van der Waals surface area (Å²) in [5.41, 5.74) is 1.95. The molecule has 1 aromatic carbocycles. The van der Waals surface area contributed by atoms with Crippen LogP contribution in [0, 0.1) is 17.3 Å². The van der Waals surface area contributed by atoms with Crippen LogP contribution in [-0.4, -0.2) is 76.7 Å². The molecule has 35 heavy (non-hydrogen) atoms. The molecule has 2 amide bonds. The van der Waals surface area contributed by atoms with E-state index in [9.17, 15) is 19.8 Å². The molecule has 1 aromatic rings. The minimum atomic E-state index is -0.695. The van der Waals surface area contributed by atoms with Crippen molar-refractivity contribution >= 4 is 11.8 Å². The second-order valence-electron chi connectivity index (χ2n) is 11.6. The number of aliphatic hydroxyl groups is 1. The number of piperazine rings is 1. The average Bonchev–Trinajstić information content (AvgIpc) is 3.12. The lowest BCUT2D eigenvalue weighted by molar-refractivity contribution is -0.137. The van der Waals surface area contributed by atoms with Crippen LogP contribution in [0.3, 0.4) is 0 Å². The lowest BCUT2D eigenvalue weighted by Gasteiger charge is -2.54. The van der Waals surface area contributed by atoms with Gasteiger partial charge in [-0.15, -0.1) is 0 Å². The van der Waals surface area contributed by atoms with E-state index in [1.807, 2.05) is 17.0 Å². The zero-order valence-electron chi connectivity index (χ0n) is 21.3. The molecule has 5 atom stereocenters. The molecule has 2 saturated carbocycles. The minimum Gasteiger partial charge on any atom is -0.508 e.